The molecule has 0 saturated heterocycles. The number of pyridine rings is 1. The summed E-state index contributed by atoms with van der Waals surface area (Å²) in [5, 5.41) is 14.2. The molecule has 3 heteroatoms. The van der Waals surface area contributed by atoms with Gasteiger partial charge in [0.1, 0.15) is 6.04 Å². The molecule has 1 unspecified atom stereocenters. The molecule has 1 N–H and O–H groups in total. The third-order valence-electron chi connectivity index (χ3n) is 4.35. The van der Waals surface area contributed by atoms with Crippen molar-refractivity contribution in [1.82, 2.24) is 10.3 Å². The number of rotatable bonds is 3. The van der Waals surface area contributed by atoms with Gasteiger partial charge in [0, 0.05) is 17.6 Å². The first kappa shape index (κ1) is 14.0. The molecule has 2 aromatic rings. The van der Waals surface area contributed by atoms with Gasteiger partial charge < -0.3 is 0 Å². The number of nitriles is 1. The minimum atomic E-state index is -0.224. The van der Waals surface area contributed by atoms with Crippen LogP contribution in [0.2, 0.25) is 0 Å². The summed E-state index contributed by atoms with van der Waals surface area (Å²) in [4.78, 5) is 4.33. The minimum Gasteiger partial charge on any atom is -0.295 e. The van der Waals surface area contributed by atoms with Gasteiger partial charge in [-0.1, -0.05) is 37.8 Å². The summed E-state index contributed by atoms with van der Waals surface area (Å²) in [6.45, 7) is 0. The van der Waals surface area contributed by atoms with Crippen molar-refractivity contribution in [2.24, 2.45) is 0 Å². The van der Waals surface area contributed by atoms with E-state index in [1.807, 2.05) is 24.3 Å². The molecule has 0 aliphatic heterocycles. The first-order valence-corrected chi connectivity index (χ1v) is 7.87. The molecule has 1 aromatic carbocycles. The van der Waals surface area contributed by atoms with Crippen molar-refractivity contribution in [3.63, 3.8) is 0 Å². The molecule has 1 heterocycles. The predicted octanol–water partition coefficient (Wildman–Crippen LogP) is 4.11. The highest BCUT2D eigenvalue weighted by molar-refractivity contribution is 5.79. The number of benzene rings is 1. The summed E-state index contributed by atoms with van der Waals surface area (Å²) >= 11 is 0. The SMILES string of the molecule is N#CC(NC1CCCCCC1)c1ccc2ncccc2c1. The van der Waals surface area contributed by atoms with Crippen LogP contribution in [-0.4, -0.2) is 11.0 Å². The van der Waals surface area contributed by atoms with E-state index in [-0.39, 0.29) is 6.04 Å². The fourth-order valence-corrected chi connectivity index (χ4v) is 3.16. The second kappa shape index (κ2) is 6.69. The number of hydrogen-bond acceptors (Lipinski definition) is 3. The van der Waals surface area contributed by atoms with Crippen LogP contribution < -0.4 is 5.32 Å². The smallest absolute Gasteiger partial charge is 0.121 e. The molecule has 0 radical (unpaired) electrons. The predicted molar refractivity (Wildman–Crippen MR) is 84.7 cm³/mol. The Hall–Kier alpha value is -1.92. The normalized spacial score (nSPS) is 18.0. The lowest BCUT2D eigenvalue weighted by Crippen LogP contribution is -2.31. The van der Waals surface area contributed by atoms with E-state index in [2.05, 4.69) is 22.4 Å². The fourth-order valence-electron chi connectivity index (χ4n) is 3.16. The highest BCUT2D eigenvalue weighted by Crippen LogP contribution is 2.23. The maximum atomic E-state index is 9.52. The summed E-state index contributed by atoms with van der Waals surface area (Å²) in [5.74, 6) is 0. The van der Waals surface area contributed by atoms with E-state index in [1.54, 1.807) is 6.20 Å². The zero-order valence-electron chi connectivity index (χ0n) is 12.3. The molecular formula is C18H21N3. The Morgan fingerprint density at radius 1 is 1.14 bits per heavy atom. The molecule has 0 bridgehead atoms. The van der Waals surface area contributed by atoms with Crippen molar-refractivity contribution in [3.05, 3.63) is 42.1 Å². The topological polar surface area (TPSA) is 48.7 Å². The van der Waals surface area contributed by atoms with Gasteiger partial charge in [-0.25, -0.2) is 0 Å². The van der Waals surface area contributed by atoms with E-state index in [0.29, 0.717) is 6.04 Å². The molecule has 1 aromatic heterocycles. The van der Waals surface area contributed by atoms with Crippen molar-refractivity contribution in [1.29, 1.82) is 5.26 Å². The number of nitrogens with one attached hydrogen (secondary N) is 1. The van der Waals surface area contributed by atoms with Gasteiger partial charge in [0.05, 0.1) is 11.6 Å². The maximum absolute atomic E-state index is 9.52. The summed E-state index contributed by atoms with van der Waals surface area (Å²) in [6, 6.07) is 12.8. The third kappa shape index (κ3) is 3.40. The van der Waals surface area contributed by atoms with Gasteiger partial charge in [0.2, 0.25) is 0 Å². The first-order valence-electron chi connectivity index (χ1n) is 7.87. The molecule has 1 aliphatic rings. The Morgan fingerprint density at radius 3 is 2.71 bits per heavy atom. The van der Waals surface area contributed by atoms with Crippen LogP contribution in [0, 0.1) is 11.3 Å². The Kier molecular flexibility index (Phi) is 4.47. The Labute approximate surface area is 126 Å². The van der Waals surface area contributed by atoms with Crippen molar-refractivity contribution >= 4 is 10.9 Å². The lowest BCUT2D eigenvalue weighted by molar-refractivity contribution is 0.437. The lowest BCUT2D eigenvalue weighted by atomic mass is 10.0. The zero-order valence-corrected chi connectivity index (χ0v) is 12.3. The lowest BCUT2D eigenvalue weighted by Gasteiger charge is -2.20. The van der Waals surface area contributed by atoms with Crippen molar-refractivity contribution < 1.29 is 0 Å². The van der Waals surface area contributed by atoms with Crippen LogP contribution in [0.15, 0.2) is 36.5 Å². The number of nitrogens with zero attached hydrogens (tertiary/aromatic N) is 2. The van der Waals surface area contributed by atoms with E-state index in [4.69, 9.17) is 0 Å². The molecule has 1 fully saturated rings. The molecule has 1 aliphatic carbocycles. The van der Waals surface area contributed by atoms with Crippen LogP contribution in [0.3, 0.4) is 0 Å². The Morgan fingerprint density at radius 2 is 1.95 bits per heavy atom. The molecular weight excluding hydrogens is 258 g/mol. The standard InChI is InChI=1S/C18H21N3/c19-13-18(21-16-7-3-1-2-4-8-16)15-9-10-17-14(12-15)6-5-11-20-17/h5-6,9-12,16,18,21H,1-4,7-8H2. The van der Waals surface area contributed by atoms with E-state index in [9.17, 15) is 5.26 Å². The van der Waals surface area contributed by atoms with Crippen LogP contribution in [0.5, 0.6) is 0 Å². The maximum Gasteiger partial charge on any atom is 0.121 e. The van der Waals surface area contributed by atoms with E-state index < -0.39 is 0 Å². The molecule has 108 valence electrons. The van der Waals surface area contributed by atoms with Crippen LogP contribution in [0.4, 0.5) is 0 Å². The zero-order chi connectivity index (χ0) is 14.5. The largest absolute Gasteiger partial charge is 0.295 e. The van der Waals surface area contributed by atoms with Crippen molar-refractivity contribution in [3.8, 4) is 6.07 Å². The fraction of sp³-hybridized carbons (Fsp3) is 0.444. The van der Waals surface area contributed by atoms with Gasteiger partial charge in [0.15, 0.2) is 0 Å². The van der Waals surface area contributed by atoms with Crippen LogP contribution in [0.25, 0.3) is 10.9 Å². The second-order valence-electron chi connectivity index (χ2n) is 5.87. The van der Waals surface area contributed by atoms with E-state index >= 15 is 0 Å². The highest BCUT2D eigenvalue weighted by atomic mass is 14.9. The molecule has 1 saturated carbocycles. The van der Waals surface area contributed by atoms with E-state index in [0.717, 1.165) is 16.5 Å². The summed E-state index contributed by atoms with van der Waals surface area (Å²) < 4.78 is 0. The molecule has 0 spiro atoms. The second-order valence-corrected chi connectivity index (χ2v) is 5.87. The van der Waals surface area contributed by atoms with Gasteiger partial charge in [-0.2, -0.15) is 5.26 Å². The average molecular weight is 279 g/mol. The van der Waals surface area contributed by atoms with Gasteiger partial charge in [-0.3, -0.25) is 10.3 Å². The van der Waals surface area contributed by atoms with Crippen LogP contribution >= 0.6 is 0 Å². The Balaban J connectivity index is 1.79. The number of aromatic nitrogens is 1. The molecule has 1 atom stereocenters. The monoisotopic (exact) mass is 279 g/mol. The minimum absolute atomic E-state index is 0.224. The summed E-state index contributed by atoms with van der Waals surface area (Å²) in [5.41, 5.74) is 2.02. The van der Waals surface area contributed by atoms with Crippen LogP contribution in [-0.2, 0) is 0 Å². The Bertz CT molecular complexity index is 636. The average Bonchev–Trinajstić information content (AvgIpc) is 2.81. The molecule has 0 amide bonds. The van der Waals surface area contributed by atoms with E-state index in [1.165, 1.54) is 38.5 Å². The number of hydrogen-bond donors (Lipinski definition) is 1. The van der Waals surface area contributed by atoms with Gasteiger partial charge in [-0.15, -0.1) is 0 Å². The summed E-state index contributed by atoms with van der Waals surface area (Å²) in [7, 11) is 0. The van der Waals surface area contributed by atoms with Crippen LogP contribution in [0.1, 0.15) is 50.1 Å². The van der Waals surface area contributed by atoms with Gasteiger partial charge >= 0.3 is 0 Å². The highest BCUT2D eigenvalue weighted by Gasteiger charge is 2.18. The van der Waals surface area contributed by atoms with Gasteiger partial charge in [-0.05, 0) is 36.6 Å². The van der Waals surface area contributed by atoms with Gasteiger partial charge in [0.25, 0.3) is 0 Å². The van der Waals surface area contributed by atoms with Crippen molar-refractivity contribution in [2.45, 2.75) is 50.6 Å². The van der Waals surface area contributed by atoms with Crippen molar-refractivity contribution in [2.75, 3.05) is 0 Å². The first-order chi connectivity index (χ1) is 10.4. The molecule has 3 rings (SSSR count). The molecule has 21 heavy (non-hydrogen) atoms. The summed E-state index contributed by atoms with van der Waals surface area (Å²) in [6.07, 6.45) is 9.39. The quantitative estimate of drug-likeness (QED) is 0.860. The molecule has 3 nitrogen and oxygen atoms in total. The third-order valence-corrected chi connectivity index (χ3v) is 4.35. The number of fused-ring (bicyclic) bond motifs is 1.